The molecular formula is C21H15ClO4. The summed E-state index contributed by atoms with van der Waals surface area (Å²) < 4.78 is 16.9. The van der Waals surface area contributed by atoms with Crippen molar-refractivity contribution >= 4 is 23.5 Å². The molecule has 26 heavy (non-hydrogen) atoms. The highest BCUT2D eigenvalue weighted by Crippen LogP contribution is 2.39. The van der Waals surface area contributed by atoms with Crippen LogP contribution in [-0.2, 0) is 6.61 Å². The number of Topliss-reactive ketones (excluding diaryl/α,β-unsaturated/α-hetero) is 1. The number of hydrogen-bond donors (Lipinski definition) is 0. The summed E-state index contributed by atoms with van der Waals surface area (Å²) in [4.78, 5) is 12.5. The molecule has 2 aromatic carbocycles. The lowest BCUT2D eigenvalue weighted by atomic mass is 10.1. The maximum atomic E-state index is 12.5. The van der Waals surface area contributed by atoms with Crippen molar-refractivity contribution in [3.05, 3.63) is 88.0 Å². The Morgan fingerprint density at radius 2 is 1.92 bits per heavy atom. The van der Waals surface area contributed by atoms with Crippen LogP contribution < -0.4 is 9.47 Å². The van der Waals surface area contributed by atoms with Crippen molar-refractivity contribution in [2.75, 3.05) is 0 Å². The van der Waals surface area contributed by atoms with Gasteiger partial charge in [0, 0.05) is 16.7 Å². The Morgan fingerprint density at radius 3 is 2.65 bits per heavy atom. The van der Waals surface area contributed by atoms with Gasteiger partial charge in [0.2, 0.25) is 5.78 Å². The minimum absolute atomic E-state index is 0.163. The van der Waals surface area contributed by atoms with Crippen molar-refractivity contribution in [3.63, 3.8) is 0 Å². The Hall–Kier alpha value is -2.98. The van der Waals surface area contributed by atoms with E-state index in [4.69, 9.17) is 25.5 Å². The normalized spacial score (nSPS) is 14.4. The number of carbonyl (C=O) groups excluding carboxylic acids is 1. The molecule has 4 rings (SSSR count). The highest BCUT2D eigenvalue weighted by Gasteiger charge is 2.30. The number of furan rings is 1. The standard InChI is InChI=1S/C21H15ClO4/c1-13-18(25-12-14-4-6-15(22)7-5-14)9-8-17-20(23)19(26-21(13)17)11-16-3-2-10-24-16/h2-11H,12H2,1H3/b19-11-. The molecular weight excluding hydrogens is 352 g/mol. The molecule has 0 atom stereocenters. The third-order valence-electron chi connectivity index (χ3n) is 4.16. The fraction of sp³-hybridized carbons (Fsp3) is 0.0952. The Kier molecular flexibility index (Phi) is 4.27. The van der Waals surface area contributed by atoms with Gasteiger partial charge in [0.15, 0.2) is 5.76 Å². The first kappa shape index (κ1) is 16.5. The second-order valence-electron chi connectivity index (χ2n) is 5.94. The molecule has 0 radical (unpaired) electrons. The number of carbonyl (C=O) groups is 1. The molecule has 0 unspecified atom stereocenters. The SMILES string of the molecule is Cc1c(OCc2ccc(Cl)cc2)ccc2c1O/C(=C\c1ccco1)C2=O. The van der Waals surface area contributed by atoms with Crippen LogP contribution in [0.15, 0.2) is 65.0 Å². The van der Waals surface area contributed by atoms with Gasteiger partial charge in [-0.05, 0) is 48.9 Å². The van der Waals surface area contributed by atoms with Crippen LogP contribution >= 0.6 is 11.6 Å². The molecule has 4 nitrogen and oxygen atoms in total. The first-order chi connectivity index (χ1) is 12.6. The zero-order valence-corrected chi connectivity index (χ0v) is 14.7. The molecule has 130 valence electrons. The van der Waals surface area contributed by atoms with Crippen molar-refractivity contribution in [1.82, 2.24) is 0 Å². The van der Waals surface area contributed by atoms with E-state index >= 15 is 0 Å². The van der Waals surface area contributed by atoms with Crippen molar-refractivity contribution in [2.45, 2.75) is 13.5 Å². The summed E-state index contributed by atoms with van der Waals surface area (Å²) in [6, 6.07) is 14.5. The number of ether oxygens (including phenoxy) is 2. The highest BCUT2D eigenvalue weighted by molar-refractivity contribution is 6.30. The molecule has 0 aliphatic carbocycles. The van der Waals surface area contributed by atoms with Gasteiger partial charge in [-0.2, -0.15) is 0 Å². The van der Waals surface area contributed by atoms with E-state index in [1.807, 2.05) is 31.2 Å². The van der Waals surface area contributed by atoms with Crippen LogP contribution in [-0.4, -0.2) is 5.78 Å². The summed E-state index contributed by atoms with van der Waals surface area (Å²) in [5, 5.41) is 0.685. The summed E-state index contributed by atoms with van der Waals surface area (Å²) in [5.74, 6) is 1.85. The van der Waals surface area contributed by atoms with Gasteiger partial charge < -0.3 is 13.9 Å². The Balaban J connectivity index is 1.56. The summed E-state index contributed by atoms with van der Waals surface area (Å²) >= 11 is 5.89. The fourth-order valence-electron chi connectivity index (χ4n) is 2.77. The summed E-state index contributed by atoms with van der Waals surface area (Å²) in [6.07, 6.45) is 3.14. The number of fused-ring (bicyclic) bond motifs is 1. The van der Waals surface area contributed by atoms with Crippen molar-refractivity contribution < 1.29 is 18.7 Å². The van der Waals surface area contributed by atoms with E-state index in [9.17, 15) is 4.79 Å². The van der Waals surface area contributed by atoms with E-state index in [-0.39, 0.29) is 11.5 Å². The lowest BCUT2D eigenvalue weighted by Crippen LogP contribution is -1.98. The summed E-state index contributed by atoms with van der Waals surface area (Å²) in [6.45, 7) is 2.28. The van der Waals surface area contributed by atoms with Crippen LogP contribution in [0.1, 0.15) is 27.2 Å². The molecule has 2 heterocycles. The smallest absolute Gasteiger partial charge is 0.232 e. The van der Waals surface area contributed by atoms with Crippen LogP contribution in [0.25, 0.3) is 6.08 Å². The first-order valence-electron chi connectivity index (χ1n) is 8.10. The van der Waals surface area contributed by atoms with Crippen LogP contribution in [0.3, 0.4) is 0 Å². The molecule has 1 aliphatic rings. The fourth-order valence-corrected chi connectivity index (χ4v) is 2.89. The minimum atomic E-state index is -0.163. The van der Waals surface area contributed by atoms with E-state index in [0.717, 1.165) is 11.1 Å². The lowest BCUT2D eigenvalue weighted by molar-refractivity contribution is 0.101. The number of benzene rings is 2. The zero-order chi connectivity index (χ0) is 18.1. The Labute approximate surface area is 155 Å². The molecule has 0 saturated carbocycles. The second kappa shape index (κ2) is 6.73. The number of hydrogen-bond acceptors (Lipinski definition) is 4. The van der Waals surface area contributed by atoms with E-state index < -0.39 is 0 Å². The van der Waals surface area contributed by atoms with Gasteiger partial charge in [0.05, 0.1) is 11.8 Å². The predicted molar refractivity (Wildman–Crippen MR) is 98.6 cm³/mol. The van der Waals surface area contributed by atoms with Gasteiger partial charge in [0.25, 0.3) is 0 Å². The van der Waals surface area contributed by atoms with E-state index in [1.54, 1.807) is 36.6 Å². The van der Waals surface area contributed by atoms with Gasteiger partial charge in [-0.15, -0.1) is 0 Å². The summed E-state index contributed by atoms with van der Waals surface area (Å²) in [5.41, 5.74) is 2.32. The van der Waals surface area contributed by atoms with Gasteiger partial charge in [0.1, 0.15) is 23.9 Å². The number of allylic oxidation sites excluding steroid dienone is 1. The van der Waals surface area contributed by atoms with Gasteiger partial charge >= 0.3 is 0 Å². The highest BCUT2D eigenvalue weighted by atomic mass is 35.5. The van der Waals surface area contributed by atoms with Crippen molar-refractivity contribution in [3.8, 4) is 11.5 Å². The number of ketones is 1. The molecule has 5 heteroatoms. The molecule has 0 N–H and O–H groups in total. The Morgan fingerprint density at radius 1 is 1.12 bits per heavy atom. The van der Waals surface area contributed by atoms with Gasteiger partial charge in [-0.3, -0.25) is 4.79 Å². The average Bonchev–Trinajstić information content (AvgIpc) is 3.26. The first-order valence-corrected chi connectivity index (χ1v) is 8.48. The molecule has 0 saturated heterocycles. The minimum Gasteiger partial charge on any atom is -0.488 e. The summed E-state index contributed by atoms with van der Waals surface area (Å²) in [7, 11) is 0. The zero-order valence-electron chi connectivity index (χ0n) is 14.0. The number of rotatable bonds is 4. The average molecular weight is 367 g/mol. The molecule has 0 fully saturated rings. The number of halogens is 1. The largest absolute Gasteiger partial charge is 0.488 e. The molecule has 3 aromatic rings. The third kappa shape index (κ3) is 3.11. The Bertz CT molecular complexity index is 986. The molecule has 1 aliphatic heterocycles. The van der Waals surface area contributed by atoms with Crippen LogP contribution in [0.5, 0.6) is 11.5 Å². The predicted octanol–water partition coefficient (Wildman–Crippen LogP) is 5.44. The topological polar surface area (TPSA) is 48.7 Å². The monoisotopic (exact) mass is 366 g/mol. The van der Waals surface area contributed by atoms with Crippen LogP contribution in [0.4, 0.5) is 0 Å². The van der Waals surface area contributed by atoms with Gasteiger partial charge in [-0.1, -0.05) is 23.7 Å². The van der Waals surface area contributed by atoms with E-state index in [1.165, 1.54) is 0 Å². The third-order valence-corrected chi connectivity index (χ3v) is 4.41. The quantitative estimate of drug-likeness (QED) is 0.577. The van der Waals surface area contributed by atoms with Gasteiger partial charge in [-0.25, -0.2) is 0 Å². The lowest BCUT2D eigenvalue weighted by Gasteiger charge is -2.11. The van der Waals surface area contributed by atoms with Crippen LogP contribution in [0.2, 0.25) is 5.02 Å². The van der Waals surface area contributed by atoms with E-state index in [0.29, 0.717) is 34.5 Å². The maximum absolute atomic E-state index is 12.5. The maximum Gasteiger partial charge on any atom is 0.232 e. The van der Waals surface area contributed by atoms with Crippen molar-refractivity contribution in [1.29, 1.82) is 0 Å². The molecule has 0 spiro atoms. The van der Waals surface area contributed by atoms with Crippen LogP contribution in [0, 0.1) is 6.92 Å². The molecule has 0 amide bonds. The molecule has 0 bridgehead atoms. The second-order valence-corrected chi connectivity index (χ2v) is 6.37. The molecule has 1 aromatic heterocycles. The van der Waals surface area contributed by atoms with E-state index in [2.05, 4.69) is 0 Å². The van der Waals surface area contributed by atoms with Crippen molar-refractivity contribution in [2.24, 2.45) is 0 Å².